The molecule has 126 valence electrons. The molecule has 0 aromatic heterocycles. The van der Waals surface area contributed by atoms with Gasteiger partial charge in [-0.25, -0.2) is 0 Å². The lowest BCUT2D eigenvalue weighted by molar-refractivity contribution is -0.119. The maximum Gasteiger partial charge on any atom is 0.251 e. The first-order valence-corrected chi connectivity index (χ1v) is 8.24. The van der Waals surface area contributed by atoms with Crippen molar-refractivity contribution in [1.82, 2.24) is 5.32 Å². The first kappa shape index (κ1) is 17.7. The van der Waals surface area contributed by atoms with Crippen LogP contribution >= 0.6 is 0 Å². The fraction of sp³-hybridized carbons (Fsp3) is 0.300. The zero-order chi connectivity index (χ0) is 17.5. The lowest BCUT2D eigenvalue weighted by atomic mass is 9.97. The van der Waals surface area contributed by atoms with Crippen molar-refractivity contribution in [2.45, 2.75) is 33.2 Å². The molecule has 2 amide bonds. The van der Waals surface area contributed by atoms with Gasteiger partial charge in [0.1, 0.15) is 6.04 Å². The van der Waals surface area contributed by atoms with Crippen LogP contribution in [0.2, 0.25) is 0 Å². The van der Waals surface area contributed by atoms with Crippen LogP contribution in [0.5, 0.6) is 0 Å². The topological polar surface area (TPSA) is 58.2 Å². The van der Waals surface area contributed by atoms with Crippen molar-refractivity contribution in [2.24, 2.45) is 5.92 Å². The lowest BCUT2D eigenvalue weighted by Crippen LogP contribution is -2.47. The van der Waals surface area contributed by atoms with Crippen molar-refractivity contribution in [3.63, 3.8) is 0 Å². The summed E-state index contributed by atoms with van der Waals surface area (Å²) in [4.78, 5) is 25.1. The van der Waals surface area contributed by atoms with E-state index in [1.54, 1.807) is 24.3 Å². The summed E-state index contributed by atoms with van der Waals surface area (Å²) in [6.07, 6.45) is 0.793. The molecule has 2 N–H and O–H groups in total. The van der Waals surface area contributed by atoms with Gasteiger partial charge < -0.3 is 10.6 Å². The average Bonchev–Trinajstić information content (AvgIpc) is 2.59. The molecule has 4 heteroatoms. The van der Waals surface area contributed by atoms with Gasteiger partial charge in [-0.1, -0.05) is 50.6 Å². The van der Waals surface area contributed by atoms with Crippen LogP contribution in [0.4, 0.5) is 5.69 Å². The molecule has 0 radical (unpaired) electrons. The third-order valence-corrected chi connectivity index (χ3v) is 4.10. The van der Waals surface area contributed by atoms with Gasteiger partial charge in [0.05, 0.1) is 0 Å². The number of anilines is 1. The van der Waals surface area contributed by atoms with Crippen LogP contribution in [-0.2, 0) is 4.79 Å². The number of carbonyl (C=O) groups is 2. The van der Waals surface area contributed by atoms with E-state index in [2.05, 4.69) is 10.6 Å². The number of benzene rings is 2. The second-order valence-electron chi connectivity index (χ2n) is 6.06. The maximum atomic E-state index is 12.7. The summed E-state index contributed by atoms with van der Waals surface area (Å²) in [5.74, 6) is -0.401. The summed E-state index contributed by atoms with van der Waals surface area (Å²) in [5, 5.41) is 5.77. The molecule has 0 spiro atoms. The quantitative estimate of drug-likeness (QED) is 0.849. The van der Waals surface area contributed by atoms with E-state index in [1.807, 2.05) is 51.1 Å². The molecule has 4 nitrogen and oxygen atoms in total. The van der Waals surface area contributed by atoms with Gasteiger partial charge in [0.25, 0.3) is 5.91 Å². The van der Waals surface area contributed by atoms with Crippen molar-refractivity contribution in [1.29, 1.82) is 0 Å². The van der Waals surface area contributed by atoms with Crippen molar-refractivity contribution >= 4 is 17.5 Å². The minimum absolute atomic E-state index is 0.0301. The van der Waals surface area contributed by atoms with Crippen LogP contribution in [0.25, 0.3) is 0 Å². The molecule has 0 saturated heterocycles. The van der Waals surface area contributed by atoms with Crippen LogP contribution in [0.3, 0.4) is 0 Å². The van der Waals surface area contributed by atoms with Gasteiger partial charge in [-0.3, -0.25) is 9.59 Å². The molecule has 24 heavy (non-hydrogen) atoms. The van der Waals surface area contributed by atoms with E-state index < -0.39 is 6.04 Å². The van der Waals surface area contributed by atoms with E-state index in [9.17, 15) is 9.59 Å². The minimum atomic E-state index is -0.580. The Hall–Kier alpha value is -2.62. The molecule has 0 heterocycles. The molecule has 0 saturated carbocycles. The van der Waals surface area contributed by atoms with E-state index in [0.29, 0.717) is 5.56 Å². The molecule has 0 aliphatic heterocycles. The number of amides is 2. The molecule has 2 rings (SSSR count). The largest absolute Gasteiger partial charge is 0.340 e. The molecular formula is C20H24N2O2. The summed E-state index contributed by atoms with van der Waals surface area (Å²) in [7, 11) is 0. The Morgan fingerprint density at radius 1 is 1.04 bits per heavy atom. The highest BCUT2D eigenvalue weighted by Crippen LogP contribution is 2.14. The Bertz CT molecular complexity index is 698. The highest BCUT2D eigenvalue weighted by molar-refractivity contribution is 6.01. The Morgan fingerprint density at radius 3 is 2.38 bits per heavy atom. The Kier molecular flexibility index (Phi) is 6.13. The highest BCUT2D eigenvalue weighted by atomic mass is 16.2. The normalized spacial score (nSPS) is 13.0. The number of hydrogen-bond acceptors (Lipinski definition) is 2. The van der Waals surface area contributed by atoms with Crippen LogP contribution in [0.15, 0.2) is 54.6 Å². The fourth-order valence-electron chi connectivity index (χ4n) is 2.46. The van der Waals surface area contributed by atoms with Gasteiger partial charge in [0.15, 0.2) is 0 Å². The summed E-state index contributed by atoms with van der Waals surface area (Å²) in [5.41, 5.74) is 2.36. The number of rotatable bonds is 6. The first-order chi connectivity index (χ1) is 11.5. The summed E-state index contributed by atoms with van der Waals surface area (Å²) in [6, 6.07) is 16.0. The van der Waals surface area contributed by atoms with E-state index in [-0.39, 0.29) is 17.7 Å². The zero-order valence-corrected chi connectivity index (χ0v) is 14.4. The SMILES string of the molecule is CC[C@H](C)[C@H](NC(=O)c1ccccc1)C(=O)Nc1cccc(C)c1. The van der Waals surface area contributed by atoms with Crippen molar-refractivity contribution in [3.05, 3.63) is 65.7 Å². The summed E-state index contributed by atoms with van der Waals surface area (Å²) < 4.78 is 0. The van der Waals surface area contributed by atoms with E-state index in [0.717, 1.165) is 17.7 Å². The molecular weight excluding hydrogens is 300 g/mol. The third kappa shape index (κ3) is 4.69. The summed E-state index contributed by atoms with van der Waals surface area (Å²) >= 11 is 0. The molecule has 2 aromatic carbocycles. The van der Waals surface area contributed by atoms with Gasteiger partial charge in [0, 0.05) is 11.3 Å². The van der Waals surface area contributed by atoms with Crippen molar-refractivity contribution in [3.8, 4) is 0 Å². The van der Waals surface area contributed by atoms with Gasteiger partial charge in [0.2, 0.25) is 5.91 Å². The Balaban J connectivity index is 2.12. The van der Waals surface area contributed by atoms with E-state index in [1.165, 1.54) is 0 Å². The number of carbonyl (C=O) groups excluding carboxylic acids is 2. The van der Waals surface area contributed by atoms with Crippen LogP contribution in [-0.4, -0.2) is 17.9 Å². The molecule has 0 aliphatic rings. The lowest BCUT2D eigenvalue weighted by Gasteiger charge is -2.23. The molecule has 2 aromatic rings. The van der Waals surface area contributed by atoms with Crippen molar-refractivity contribution < 1.29 is 9.59 Å². The third-order valence-electron chi connectivity index (χ3n) is 4.10. The Labute approximate surface area is 143 Å². The van der Waals surface area contributed by atoms with Gasteiger partial charge >= 0.3 is 0 Å². The van der Waals surface area contributed by atoms with E-state index in [4.69, 9.17) is 0 Å². The first-order valence-electron chi connectivity index (χ1n) is 8.24. The summed E-state index contributed by atoms with van der Waals surface area (Å²) in [6.45, 7) is 5.94. The highest BCUT2D eigenvalue weighted by Gasteiger charge is 2.26. The van der Waals surface area contributed by atoms with Crippen LogP contribution in [0.1, 0.15) is 36.2 Å². The van der Waals surface area contributed by atoms with Gasteiger partial charge in [-0.15, -0.1) is 0 Å². The van der Waals surface area contributed by atoms with Gasteiger partial charge in [-0.05, 0) is 42.7 Å². The molecule has 0 aliphatic carbocycles. The standard InChI is InChI=1S/C20H24N2O2/c1-4-15(3)18(22-19(23)16-10-6-5-7-11-16)20(24)21-17-12-8-9-14(2)13-17/h5-13,15,18H,4H2,1-3H3,(H,21,24)(H,22,23)/t15-,18-/m0/s1. The average molecular weight is 324 g/mol. The predicted molar refractivity (Wildman–Crippen MR) is 97.0 cm³/mol. The number of aryl methyl sites for hydroxylation is 1. The number of nitrogens with one attached hydrogen (secondary N) is 2. The predicted octanol–water partition coefficient (Wildman–Crippen LogP) is 3.78. The minimum Gasteiger partial charge on any atom is -0.340 e. The second kappa shape index (κ2) is 8.29. The molecule has 0 bridgehead atoms. The zero-order valence-electron chi connectivity index (χ0n) is 14.4. The van der Waals surface area contributed by atoms with E-state index >= 15 is 0 Å². The second-order valence-corrected chi connectivity index (χ2v) is 6.06. The fourth-order valence-corrected chi connectivity index (χ4v) is 2.46. The van der Waals surface area contributed by atoms with Crippen molar-refractivity contribution in [2.75, 3.05) is 5.32 Å². The van der Waals surface area contributed by atoms with Gasteiger partial charge in [-0.2, -0.15) is 0 Å². The monoisotopic (exact) mass is 324 g/mol. The molecule has 0 fully saturated rings. The molecule has 0 unspecified atom stereocenters. The maximum absolute atomic E-state index is 12.7. The Morgan fingerprint density at radius 2 is 1.75 bits per heavy atom. The molecule has 2 atom stereocenters. The number of hydrogen-bond donors (Lipinski definition) is 2. The smallest absolute Gasteiger partial charge is 0.251 e. The van der Waals surface area contributed by atoms with Crippen LogP contribution < -0.4 is 10.6 Å². The van der Waals surface area contributed by atoms with Crippen LogP contribution in [0, 0.1) is 12.8 Å².